The van der Waals surface area contributed by atoms with Crippen LogP contribution in [0.5, 0.6) is 5.88 Å². The van der Waals surface area contributed by atoms with Crippen LogP contribution in [0.3, 0.4) is 0 Å². The fraction of sp³-hybridized carbons (Fsp3) is 0.250. The van der Waals surface area contributed by atoms with E-state index in [1.807, 2.05) is 0 Å². The fourth-order valence-corrected chi connectivity index (χ4v) is 0.724. The van der Waals surface area contributed by atoms with Crippen LogP contribution in [-0.4, -0.2) is 16.0 Å². The van der Waals surface area contributed by atoms with Crippen molar-refractivity contribution in [1.29, 1.82) is 0 Å². The minimum atomic E-state index is -0.117. The number of amides is 1. The van der Waals surface area contributed by atoms with Gasteiger partial charge in [0.25, 0.3) is 0 Å². The molecule has 0 aliphatic rings. The molecule has 1 heterocycles. The number of carbonyl (C=O) groups is 1. The number of aromatic hydroxyl groups is 1. The van der Waals surface area contributed by atoms with Crippen molar-refractivity contribution in [3.63, 3.8) is 0 Å². The van der Waals surface area contributed by atoms with Gasteiger partial charge in [0.05, 0.1) is 0 Å². The van der Waals surface area contributed by atoms with E-state index in [1.165, 1.54) is 6.07 Å². The highest BCUT2D eigenvalue weighted by Crippen LogP contribution is 2.08. The maximum Gasteiger partial charge on any atom is 0.225 e. The highest BCUT2D eigenvalue weighted by Gasteiger charge is 1.99. The molecular weight excluding hydrogens is 156 g/mol. The molecule has 0 atom stereocenters. The summed E-state index contributed by atoms with van der Waals surface area (Å²) in [6, 6.07) is 4.68. The van der Waals surface area contributed by atoms with E-state index in [2.05, 4.69) is 10.3 Å². The summed E-state index contributed by atoms with van der Waals surface area (Å²) in [5, 5.41) is 11.5. The second kappa shape index (κ2) is 3.71. The van der Waals surface area contributed by atoms with Gasteiger partial charge in [-0.2, -0.15) is 4.98 Å². The Morgan fingerprint density at radius 3 is 3.00 bits per heavy atom. The van der Waals surface area contributed by atoms with Crippen LogP contribution in [0.25, 0.3) is 0 Å². The van der Waals surface area contributed by atoms with Crippen LogP contribution in [0.15, 0.2) is 18.2 Å². The summed E-state index contributed by atoms with van der Waals surface area (Å²) in [5.74, 6) is 0.166. The largest absolute Gasteiger partial charge is 0.493 e. The van der Waals surface area contributed by atoms with Gasteiger partial charge in [-0.3, -0.25) is 4.79 Å². The number of hydrogen-bond acceptors (Lipinski definition) is 3. The monoisotopic (exact) mass is 166 g/mol. The summed E-state index contributed by atoms with van der Waals surface area (Å²) in [6.45, 7) is 1.75. The van der Waals surface area contributed by atoms with Crippen LogP contribution < -0.4 is 5.32 Å². The number of nitrogens with zero attached hydrogens (tertiary/aromatic N) is 1. The number of nitrogens with one attached hydrogen (secondary N) is 1. The number of pyridine rings is 1. The van der Waals surface area contributed by atoms with E-state index in [0.717, 1.165) is 0 Å². The molecule has 1 rings (SSSR count). The third kappa shape index (κ3) is 2.23. The van der Waals surface area contributed by atoms with Crippen LogP contribution in [0, 0.1) is 0 Å². The predicted octanol–water partition coefficient (Wildman–Crippen LogP) is 1.14. The zero-order chi connectivity index (χ0) is 8.97. The lowest BCUT2D eigenvalue weighted by molar-refractivity contribution is -0.115. The second-order valence-corrected chi connectivity index (χ2v) is 2.28. The smallest absolute Gasteiger partial charge is 0.225 e. The molecule has 0 saturated carbocycles. The van der Waals surface area contributed by atoms with Crippen LogP contribution >= 0.6 is 0 Å². The molecule has 0 aliphatic carbocycles. The van der Waals surface area contributed by atoms with E-state index in [4.69, 9.17) is 5.11 Å². The van der Waals surface area contributed by atoms with E-state index in [0.29, 0.717) is 12.2 Å². The minimum Gasteiger partial charge on any atom is -0.493 e. The molecule has 1 aromatic rings. The maximum atomic E-state index is 10.9. The third-order valence-corrected chi connectivity index (χ3v) is 1.32. The van der Waals surface area contributed by atoms with Gasteiger partial charge in [0.1, 0.15) is 5.82 Å². The SMILES string of the molecule is CCC(=O)Nc1cccc(O)n1. The molecule has 0 aromatic carbocycles. The number of rotatable bonds is 2. The highest BCUT2D eigenvalue weighted by molar-refractivity contribution is 5.89. The van der Waals surface area contributed by atoms with E-state index >= 15 is 0 Å². The van der Waals surface area contributed by atoms with Gasteiger partial charge in [-0.05, 0) is 6.07 Å². The third-order valence-electron chi connectivity index (χ3n) is 1.32. The lowest BCUT2D eigenvalue weighted by Crippen LogP contribution is -2.10. The summed E-state index contributed by atoms with van der Waals surface area (Å²) in [6.07, 6.45) is 0.400. The first-order valence-corrected chi connectivity index (χ1v) is 3.68. The summed E-state index contributed by atoms with van der Waals surface area (Å²) in [5.41, 5.74) is 0. The van der Waals surface area contributed by atoms with Crippen LogP contribution in [0.1, 0.15) is 13.3 Å². The Labute approximate surface area is 70.3 Å². The number of carbonyl (C=O) groups excluding carboxylic acids is 1. The summed E-state index contributed by atoms with van der Waals surface area (Å²) in [4.78, 5) is 14.5. The Bertz CT molecular complexity index is 286. The Morgan fingerprint density at radius 1 is 1.67 bits per heavy atom. The lowest BCUT2D eigenvalue weighted by Gasteiger charge is -2.01. The molecule has 12 heavy (non-hydrogen) atoms. The number of hydrogen-bond donors (Lipinski definition) is 2. The van der Waals surface area contributed by atoms with Crippen molar-refractivity contribution < 1.29 is 9.90 Å². The summed E-state index contributed by atoms with van der Waals surface area (Å²) in [7, 11) is 0. The molecule has 4 heteroatoms. The fourth-order valence-electron chi connectivity index (χ4n) is 0.724. The summed E-state index contributed by atoms with van der Waals surface area (Å²) < 4.78 is 0. The molecule has 64 valence electrons. The van der Waals surface area contributed by atoms with Crippen molar-refractivity contribution in [3.8, 4) is 5.88 Å². The van der Waals surface area contributed by atoms with Gasteiger partial charge in [-0.1, -0.05) is 13.0 Å². The van der Waals surface area contributed by atoms with Gasteiger partial charge in [0.15, 0.2) is 0 Å². The lowest BCUT2D eigenvalue weighted by atomic mass is 10.4. The Balaban J connectivity index is 2.69. The molecule has 0 aliphatic heterocycles. The maximum absolute atomic E-state index is 10.9. The van der Waals surface area contributed by atoms with Crippen LogP contribution in [0.4, 0.5) is 5.82 Å². The average Bonchev–Trinajstić information content (AvgIpc) is 2.04. The van der Waals surface area contributed by atoms with Gasteiger partial charge in [0, 0.05) is 12.5 Å². The number of aromatic nitrogens is 1. The standard InChI is InChI=1S/C8H10N2O2/c1-2-7(11)9-6-4-3-5-8(12)10-6/h3-5H,2H2,1H3,(H2,9,10,11,12). The molecule has 0 bridgehead atoms. The molecule has 4 nitrogen and oxygen atoms in total. The van der Waals surface area contributed by atoms with E-state index in [1.54, 1.807) is 19.1 Å². The van der Waals surface area contributed by atoms with E-state index in [9.17, 15) is 4.79 Å². The van der Waals surface area contributed by atoms with Gasteiger partial charge in [0.2, 0.25) is 11.8 Å². The van der Waals surface area contributed by atoms with Crippen molar-refractivity contribution in [2.24, 2.45) is 0 Å². The second-order valence-electron chi connectivity index (χ2n) is 2.28. The predicted molar refractivity (Wildman–Crippen MR) is 44.8 cm³/mol. The Kier molecular flexibility index (Phi) is 2.63. The first kappa shape index (κ1) is 8.52. The van der Waals surface area contributed by atoms with Crippen molar-refractivity contribution in [2.45, 2.75) is 13.3 Å². The zero-order valence-electron chi connectivity index (χ0n) is 6.74. The molecule has 0 fully saturated rings. The van der Waals surface area contributed by atoms with Crippen molar-refractivity contribution in [1.82, 2.24) is 4.98 Å². The molecule has 1 aromatic heterocycles. The molecule has 1 amide bonds. The first-order valence-electron chi connectivity index (χ1n) is 3.68. The molecule has 0 radical (unpaired) electrons. The molecular formula is C8H10N2O2. The van der Waals surface area contributed by atoms with Gasteiger partial charge < -0.3 is 10.4 Å². The summed E-state index contributed by atoms with van der Waals surface area (Å²) >= 11 is 0. The van der Waals surface area contributed by atoms with Crippen molar-refractivity contribution in [2.75, 3.05) is 5.32 Å². The average molecular weight is 166 g/mol. The number of anilines is 1. The minimum absolute atomic E-state index is 0.0936. The van der Waals surface area contributed by atoms with Crippen molar-refractivity contribution >= 4 is 11.7 Å². The van der Waals surface area contributed by atoms with E-state index < -0.39 is 0 Å². The first-order chi connectivity index (χ1) is 5.72. The van der Waals surface area contributed by atoms with Gasteiger partial charge in [-0.25, -0.2) is 0 Å². The Hall–Kier alpha value is -1.58. The normalized spacial score (nSPS) is 9.42. The zero-order valence-corrected chi connectivity index (χ0v) is 6.74. The van der Waals surface area contributed by atoms with Crippen molar-refractivity contribution in [3.05, 3.63) is 18.2 Å². The molecule has 2 N–H and O–H groups in total. The molecule has 0 unspecified atom stereocenters. The van der Waals surface area contributed by atoms with E-state index in [-0.39, 0.29) is 11.8 Å². The molecule has 0 spiro atoms. The molecule has 0 saturated heterocycles. The van der Waals surface area contributed by atoms with Crippen LogP contribution in [0.2, 0.25) is 0 Å². The topological polar surface area (TPSA) is 62.2 Å². The quantitative estimate of drug-likeness (QED) is 0.692. The van der Waals surface area contributed by atoms with Gasteiger partial charge in [-0.15, -0.1) is 0 Å². The Morgan fingerprint density at radius 2 is 2.42 bits per heavy atom. The van der Waals surface area contributed by atoms with Gasteiger partial charge >= 0.3 is 0 Å². The highest BCUT2D eigenvalue weighted by atomic mass is 16.3. The van der Waals surface area contributed by atoms with Crippen LogP contribution in [-0.2, 0) is 4.79 Å².